The second-order valence-electron chi connectivity index (χ2n) is 7.02. The van der Waals surface area contributed by atoms with Gasteiger partial charge in [0.2, 0.25) is 0 Å². The minimum Gasteiger partial charge on any atom is -0.366 e. The summed E-state index contributed by atoms with van der Waals surface area (Å²) in [5.74, 6) is 0.218. The summed E-state index contributed by atoms with van der Waals surface area (Å²) in [6.45, 7) is 4.10. The standard InChI is InChI=1S/C14H21BrO5S/c1-13(2)9-3-4-14(13,12(16)5-9)8-21(17,18)19-7-11-10(6-15)20-11/h9-11H,3-8H2,1-2H3/t9-,10+,11-,14-/m1/s1. The van der Waals surface area contributed by atoms with Crippen molar-refractivity contribution >= 4 is 31.8 Å². The molecule has 1 heterocycles. The van der Waals surface area contributed by atoms with Gasteiger partial charge in [-0.3, -0.25) is 8.98 Å². The van der Waals surface area contributed by atoms with E-state index in [2.05, 4.69) is 15.9 Å². The van der Waals surface area contributed by atoms with Crippen LogP contribution >= 0.6 is 15.9 Å². The zero-order valence-electron chi connectivity index (χ0n) is 12.3. The zero-order valence-corrected chi connectivity index (χ0v) is 14.7. The van der Waals surface area contributed by atoms with Crippen LogP contribution in [-0.2, 0) is 23.8 Å². The lowest BCUT2D eigenvalue weighted by molar-refractivity contribution is -0.128. The molecule has 120 valence electrons. The smallest absolute Gasteiger partial charge is 0.268 e. The van der Waals surface area contributed by atoms with Crippen LogP contribution in [0, 0.1) is 16.7 Å². The minimum absolute atomic E-state index is 0.0405. The fourth-order valence-electron chi connectivity index (χ4n) is 4.08. The molecule has 1 saturated heterocycles. The Morgan fingerprint density at radius 3 is 2.57 bits per heavy atom. The van der Waals surface area contributed by atoms with Crippen molar-refractivity contribution in [2.75, 3.05) is 17.7 Å². The quantitative estimate of drug-likeness (QED) is 0.399. The molecule has 0 aromatic rings. The molecule has 2 saturated carbocycles. The highest BCUT2D eigenvalue weighted by Crippen LogP contribution is 2.64. The molecular formula is C14H21BrO5S. The predicted octanol–water partition coefficient (Wildman–Crippen LogP) is 1.89. The van der Waals surface area contributed by atoms with Crippen molar-refractivity contribution in [3.8, 4) is 0 Å². The predicted molar refractivity (Wildman–Crippen MR) is 80.8 cm³/mol. The lowest BCUT2D eigenvalue weighted by Gasteiger charge is -2.35. The van der Waals surface area contributed by atoms with Gasteiger partial charge in [-0.25, -0.2) is 0 Å². The van der Waals surface area contributed by atoms with Crippen LogP contribution in [0.25, 0.3) is 0 Å². The average molecular weight is 381 g/mol. The molecule has 21 heavy (non-hydrogen) atoms. The normalized spacial score (nSPS) is 40.7. The Morgan fingerprint density at radius 1 is 1.38 bits per heavy atom. The van der Waals surface area contributed by atoms with Crippen molar-refractivity contribution in [3.05, 3.63) is 0 Å². The number of ether oxygens (including phenoxy) is 1. The first kappa shape index (κ1) is 15.9. The van der Waals surface area contributed by atoms with Crippen molar-refractivity contribution in [3.63, 3.8) is 0 Å². The van der Waals surface area contributed by atoms with Crippen molar-refractivity contribution in [2.45, 2.75) is 45.3 Å². The molecule has 3 aliphatic rings. The van der Waals surface area contributed by atoms with Crippen LogP contribution in [0.3, 0.4) is 0 Å². The summed E-state index contributed by atoms with van der Waals surface area (Å²) in [5.41, 5.74) is -1.01. The number of epoxide rings is 1. The minimum atomic E-state index is -3.72. The highest BCUT2D eigenvalue weighted by molar-refractivity contribution is 9.09. The lowest BCUT2D eigenvalue weighted by atomic mass is 9.70. The largest absolute Gasteiger partial charge is 0.366 e. The molecule has 5 nitrogen and oxygen atoms in total. The molecule has 4 atom stereocenters. The highest BCUT2D eigenvalue weighted by atomic mass is 79.9. The Morgan fingerprint density at radius 2 is 2.10 bits per heavy atom. The third-order valence-electron chi connectivity index (χ3n) is 5.81. The molecule has 0 spiro atoms. The molecule has 0 radical (unpaired) electrons. The maximum absolute atomic E-state index is 12.3. The van der Waals surface area contributed by atoms with Gasteiger partial charge in [-0.05, 0) is 24.2 Å². The molecule has 3 fully saturated rings. The average Bonchev–Trinajstić information content (AvgIpc) is 3.09. The van der Waals surface area contributed by atoms with Crippen LogP contribution in [0.5, 0.6) is 0 Å². The number of alkyl halides is 1. The van der Waals surface area contributed by atoms with Crippen LogP contribution in [0.1, 0.15) is 33.1 Å². The maximum Gasteiger partial charge on any atom is 0.268 e. The first-order valence-corrected chi connectivity index (χ1v) is 10.0. The molecule has 1 aliphatic heterocycles. The van der Waals surface area contributed by atoms with Gasteiger partial charge in [-0.1, -0.05) is 29.8 Å². The number of carbonyl (C=O) groups is 1. The summed E-state index contributed by atoms with van der Waals surface area (Å²) >= 11 is 3.28. The summed E-state index contributed by atoms with van der Waals surface area (Å²) in [4.78, 5) is 12.3. The topological polar surface area (TPSA) is 73.0 Å². The molecule has 0 N–H and O–H groups in total. The maximum atomic E-state index is 12.3. The molecule has 0 aromatic carbocycles. The summed E-state index contributed by atoms with van der Waals surface area (Å²) in [7, 11) is -3.72. The highest BCUT2D eigenvalue weighted by Gasteiger charge is 2.65. The van der Waals surface area contributed by atoms with E-state index in [1.807, 2.05) is 13.8 Å². The van der Waals surface area contributed by atoms with Crippen molar-refractivity contribution in [1.82, 2.24) is 0 Å². The van der Waals surface area contributed by atoms with E-state index in [1.165, 1.54) is 0 Å². The molecule has 0 amide bonds. The number of hydrogen-bond donors (Lipinski definition) is 0. The van der Waals surface area contributed by atoms with Gasteiger partial charge in [0.05, 0.1) is 23.9 Å². The number of rotatable bonds is 6. The third-order valence-corrected chi connectivity index (χ3v) is 7.79. The summed E-state index contributed by atoms with van der Waals surface area (Å²) in [6.07, 6.45) is 2.00. The molecule has 7 heteroatoms. The molecule has 3 rings (SSSR count). The Bertz CT molecular complexity index is 558. The van der Waals surface area contributed by atoms with Gasteiger partial charge in [0.1, 0.15) is 11.9 Å². The van der Waals surface area contributed by atoms with Crippen molar-refractivity contribution < 1.29 is 22.1 Å². The van der Waals surface area contributed by atoms with Gasteiger partial charge < -0.3 is 4.74 Å². The number of fused-ring (bicyclic) bond motifs is 2. The lowest BCUT2D eigenvalue weighted by Crippen LogP contribution is -2.42. The number of carbonyl (C=O) groups excluding carboxylic acids is 1. The molecular weight excluding hydrogens is 360 g/mol. The van der Waals surface area contributed by atoms with Crippen LogP contribution < -0.4 is 0 Å². The van der Waals surface area contributed by atoms with E-state index in [0.717, 1.165) is 6.42 Å². The number of halogens is 1. The van der Waals surface area contributed by atoms with E-state index in [-0.39, 0.29) is 35.8 Å². The monoisotopic (exact) mass is 380 g/mol. The van der Waals surface area contributed by atoms with Gasteiger partial charge in [-0.2, -0.15) is 8.42 Å². The van der Waals surface area contributed by atoms with E-state index in [9.17, 15) is 13.2 Å². The van der Waals surface area contributed by atoms with Crippen LogP contribution in [0.2, 0.25) is 0 Å². The fourth-order valence-corrected chi connectivity index (χ4v) is 6.36. The summed E-state index contributed by atoms with van der Waals surface area (Å²) in [5, 5.41) is 0.679. The first-order valence-electron chi connectivity index (χ1n) is 7.34. The molecule has 2 aliphatic carbocycles. The van der Waals surface area contributed by atoms with E-state index in [1.54, 1.807) is 0 Å². The van der Waals surface area contributed by atoms with E-state index in [0.29, 0.717) is 24.1 Å². The second kappa shape index (κ2) is 5.01. The van der Waals surface area contributed by atoms with Gasteiger partial charge in [0.15, 0.2) is 0 Å². The van der Waals surface area contributed by atoms with Crippen LogP contribution in [-0.4, -0.2) is 44.1 Å². The van der Waals surface area contributed by atoms with Crippen molar-refractivity contribution in [1.29, 1.82) is 0 Å². The Labute approximate surface area is 134 Å². The van der Waals surface area contributed by atoms with Crippen molar-refractivity contribution in [2.24, 2.45) is 16.7 Å². The molecule has 0 unspecified atom stereocenters. The zero-order chi connectivity index (χ0) is 15.5. The first-order chi connectivity index (χ1) is 9.72. The van der Waals surface area contributed by atoms with Gasteiger partial charge >= 0.3 is 0 Å². The van der Waals surface area contributed by atoms with E-state index >= 15 is 0 Å². The van der Waals surface area contributed by atoms with Gasteiger partial charge in [0.25, 0.3) is 10.1 Å². The fraction of sp³-hybridized carbons (Fsp3) is 0.929. The molecule has 2 bridgehead atoms. The van der Waals surface area contributed by atoms with Crippen LogP contribution in [0.15, 0.2) is 0 Å². The SMILES string of the molecule is CC1(C)[C@@H]2CC[C@@]1(CS(=O)(=O)OC[C@H]1O[C@H]1CBr)C(=O)C2. The number of hydrogen-bond acceptors (Lipinski definition) is 5. The number of ketones is 1. The summed E-state index contributed by atoms with van der Waals surface area (Å²) < 4.78 is 34.9. The number of Topliss-reactive ketones (excluding diaryl/α,β-unsaturated/α-hetero) is 1. The van der Waals surface area contributed by atoms with Gasteiger partial charge in [0, 0.05) is 11.8 Å². The molecule has 0 aromatic heterocycles. The van der Waals surface area contributed by atoms with E-state index < -0.39 is 15.5 Å². The Balaban J connectivity index is 1.68. The Hall–Kier alpha value is 0.0200. The van der Waals surface area contributed by atoms with Gasteiger partial charge in [-0.15, -0.1) is 0 Å². The van der Waals surface area contributed by atoms with Crippen LogP contribution in [0.4, 0.5) is 0 Å². The Kier molecular flexibility index (Phi) is 3.79. The summed E-state index contributed by atoms with van der Waals surface area (Å²) in [6, 6.07) is 0. The third kappa shape index (κ3) is 2.50. The van der Waals surface area contributed by atoms with E-state index in [4.69, 9.17) is 8.92 Å². The second-order valence-corrected chi connectivity index (χ2v) is 9.31.